The Bertz CT molecular complexity index is 1770. The molecule has 0 aliphatic rings. The van der Waals surface area contributed by atoms with E-state index in [2.05, 4.69) is 4.99 Å². The van der Waals surface area contributed by atoms with Crippen LogP contribution < -0.4 is 10.4 Å². The van der Waals surface area contributed by atoms with E-state index in [1.165, 1.54) is 0 Å². The molecule has 0 spiro atoms. The van der Waals surface area contributed by atoms with Gasteiger partial charge in [0, 0.05) is 29.4 Å². The fourth-order valence-corrected chi connectivity index (χ4v) is 4.03. The van der Waals surface area contributed by atoms with E-state index in [4.69, 9.17) is 14.3 Å². The lowest BCUT2D eigenvalue weighted by Gasteiger charge is -2.05. The number of fused-ring (bicyclic) bond motifs is 1. The zero-order chi connectivity index (χ0) is 25.0. The van der Waals surface area contributed by atoms with Gasteiger partial charge in [-0.25, -0.2) is 9.48 Å². The van der Waals surface area contributed by atoms with Crippen LogP contribution in [0.4, 0.5) is 5.69 Å². The second-order valence-corrected chi connectivity index (χ2v) is 8.37. The molecule has 0 saturated carbocycles. The highest BCUT2D eigenvalue weighted by atomic mass is 16.5. The predicted molar refractivity (Wildman–Crippen MR) is 145 cm³/mol. The summed E-state index contributed by atoms with van der Waals surface area (Å²) in [6, 6.07) is 36.0. The summed E-state index contributed by atoms with van der Waals surface area (Å²) in [4.78, 5) is 17.6. The van der Waals surface area contributed by atoms with Gasteiger partial charge in [-0.2, -0.15) is 5.10 Å². The van der Waals surface area contributed by atoms with Crippen LogP contribution in [-0.2, 0) is 0 Å². The molecule has 0 fully saturated rings. The molecule has 0 amide bonds. The van der Waals surface area contributed by atoms with Crippen LogP contribution in [0.3, 0.4) is 0 Å². The number of aliphatic imine (C=N–C) groups is 1. The molecule has 6 aromatic rings. The first-order chi connectivity index (χ1) is 18.2. The van der Waals surface area contributed by atoms with Gasteiger partial charge in [0.25, 0.3) is 0 Å². The van der Waals surface area contributed by atoms with Crippen LogP contribution in [0.5, 0.6) is 11.5 Å². The molecule has 0 aliphatic carbocycles. The summed E-state index contributed by atoms with van der Waals surface area (Å²) < 4.78 is 13.3. The number of ether oxygens (including phenoxy) is 1. The Kier molecular flexibility index (Phi) is 5.89. The SMILES string of the molecule is O=c1oc2ccccc2cc1-c1nn(-c2ccccc2)cc1C=Nc1cccc(Oc2ccccc2)c1. The molecule has 0 radical (unpaired) electrons. The van der Waals surface area contributed by atoms with Crippen LogP contribution in [0.2, 0.25) is 0 Å². The number of rotatable bonds is 6. The molecule has 4 aromatic carbocycles. The molecule has 0 atom stereocenters. The van der Waals surface area contributed by atoms with Gasteiger partial charge in [0.05, 0.1) is 16.9 Å². The Balaban J connectivity index is 1.40. The topological polar surface area (TPSA) is 69.6 Å². The summed E-state index contributed by atoms with van der Waals surface area (Å²) in [5.74, 6) is 1.43. The first kappa shape index (κ1) is 22.2. The minimum atomic E-state index is -0.454. The van der Waals surface area contributed by atoms with Gasteiger partial charge in [-0.15, -0.1) is 0 Å². The van der Waals surface area contributed by atoms with E-state index in [1.54, 1.807) is 17.0 Å². The lowest BCUT2D eigenvalue weighted by molar-refractivity contribution is 0.483. The standard InChI is InChI=1S/C31H21N3O3/c35-31-28(18-22-10-7-8-17-29(22)37-31)30-23(21-34(33-30)25-12-3-1-4-13-25)20-32-24-11-9-16-27(19-24)36-26-14-5-2-6-15-26/h1-21H. The molecule has 6 nitrogen and oxygen atoms in total. The van der Waals surface area contributed by atoms with Gasteiger partial charge >= 0.3 is 5.63 Å². The maximum absolute atomic E-state index is 12.9. The van der Waals surface area contributed by atoms with E-state index in [9.17, 15) is 4.79 Å². The molecule has 6 rings (SSSR count). The maximum atomic E-state index is 12.9. The van der Waals surface area contributed by atoms with Gasteiger partial charge < -0.3 is 9.15 Å². The Morgan fingerprint density at radius 2 is 1.51 bits per heavy atom. The summed E-state index contributed by atoms with van der Waals surface area (Å²) in [5.41, 5.74) is 3.19. The highest BCUT2D eigenvalue weighted by molar-refractivity contribution is 5.91. The van der Waals surface area contributed by atoms with Gasteiger partial charge in [-0.05, 0) is 48.5 Å². The van der Waals surface area contributed by atoms with Crippen LogP contribution in [0.1, 0.15) is 5.56 Å². The van der Waals surface area contributed by atoms with Crippen LogP contribution in [0, 0.1) is 0 Å². The van der Waals surface area contributed by atoms with E-state index in [0.29, 0.717) is 33.8 Å². The minimum Gasteiger partial charge on any atom is -0.457 e. The molecule has 37 heavy (non-hydrogen) atoms. The Morgan fingerprint density at radius 3 is 2.35 bits per heavy atom. The van der Waals surface area contributed by atoms with Crippen molar-refractivity contribution in [2.75, 3.05) is 0 Å². The minimum absolute atomic E-state index is 0.371. The summed E-state index contributed by atoms with van der Waals surface area (Å²) in [7, 11) is 0. The lowest BCUT2D eigenvalue weighted by Crippen LogP contribution is -2.05. The van der Waals surface area contributed by atoms with Crippen molar-refractivity contribution < 1.29 is 9.15 Å². The quantitative estimate of drug-likeness (QED) is 0.186. The molecule has 2 heterocycles. The van der Waals surface area contributed by atoms with Crippen molar-refractivity contribution in [3.05, 3.63) is 137 Å². The fraction of sp³-hybridized carbons (Fsp3) is 0. The van der Waals surface area contributed by atoms with Gasteiger partial charge in [-0.3, -0.25) is 4.99 Å². The summed E-state index contributed by atoms with van der Waals surface area (Å²) in [6.45, 7) is 0. The van der Waals surface area contributed by atoms with Crippen molar-refractivity contribution in [1.82, 2.24) is 9.78 Å². The molecule has 0 unspecified atom stereocenters. The monoisotopic (exact) mass is 483 g/mol. The van der Waals surface area contributed by atoms with E-state index in [1.807, 2.05) is 115 Å². The normalized spacial score (nSPS) is 11.2. The van der Waals surface area contributed by atoms with Gasteiger partial charge in [0.2, 0.25) is 0 Å². The third kappa shape index (κ3) is 4.81. The van der Waals surface area contributed by atoms with Crippen molar-refractivity contribution in [1.29, 1.82) is 0 Å². The average molecular weight is 484 g/mol. The Hall–Kier alpha value is -5.23. The van der Waals surface area contributed by atoms with Crippen molar-refractivity contribution >= 4 is 22.9 Å². The van der Waals surface area contributed by atoms with Crippen molar-refractivity contribution in [3.8, 4) is 28.4 Å². The average Bonchev–Trinajstić information content (AvgIpc) is 3.37. The molecule has 2 aromatic heterocycles. The zero-order valence-corrected chi connectivity index (χ0v) is 19.7. The molecular weight excluding hydrogens is 462 g/mol. The van der Waals surface area contributed by atoms with Crippen LogP contribution in [0.25, 0.3) is 27.9 Å². The number of hydrogen-bond donors (Lipinski definition) is 0. The van der Waals surface area contributed by atoms with Crippen LogP contribution in [0.15, 0.2) is 136 Å². The summed E-state index contributed by atoms with van der Waals surface area (Å²) >= 11 is 0. The Labute approximate surface area is 212 Å². The number of para-hydroxylation sites is 3. The number of hydrogen-bond acceptors (Lipinski definition) is 5. The van der Waals surface area contributed by atoms with Gasteiger partial charge in [0.15, 0.2) is 0 Å². The largest absolute Gasteiger partial charge is 0.457 e. The maximum Gasteiger partial charge on any atom is 0.345 e. The van der Waals surface area contributed by atoms with Crippen LogP contribution in [-0.4, -0.2) is 16.0 Å². The second kappa shape index (κ2) is 9.79. The van der Waals surface area contributed by atoms with Crippen molar-refractivity contribution in [2.24, 2.45) is 4.99 Å². The second-order valence-electron chi connectivity index (χ2n) is 8.37. The van der Waals surface area contributed by atoms with Crippen molar-refractivity contribution in [2.45, 2.75) is 0 Å². The number of benzene rings is 4. The summed E-state index contributed by atoms with van der Waals surface area (Å²) in [6.07, 6.45) is 3.56. The smallest absolute Gasteiger partial charge is 0.345 e. The first-order valence-electron chi connectivity index (χ1n) is 11.8. The predicted octanol–water partition coefficient (Wildman–Crippen LogP) is 7.19. The molecular formula is C31H21N3O3. The third-order valence-corrected chi connectivity index (χ3v) is 5.81. The lowest BCUT2D eigenvalue weighted by atomic mass is 10.1. The fourth-order valence-electron chi connectivity index (χ4n) is 4.03. The van der Waals surface area contributed by atoms with E-state index in [0.717, 1.165) is 16.8 Å². The highest BCUT2D eigenvalue weighted by Crippen LogP contribution is 2.27. The van der Waals surface area contributed by atoms with E-state index >= 15 is 0 Å². The third-order valence-electron chi connectivity index (χ3n) is 5.81. The van der Waals surface area contributed by atoms with Crippen LogP contribution >= 0.6 is 0 Å². The Morgan fingerprint density at radius 1 is 0.784 bits per heavy atom. The van der Waals surface area contributed by atoms with E-state index < -0.39 is 5.63 Å². The molecule has 0 aliphatic heterocycles. The number of nitrogens with zero attached hydrogens (tertiary/aromatic N) is 3. The molecule has 0 N–H and O–H groups in total. The first-order valence-corrected chi connectivity index (χ1v) is 11.8. The molecule has 6 heteroatoms. The molecule has 0 saturated heterocycles. The zero-order valence-electron chi connectivity index (χ0n) is 19.7. The number of aromatic nitrogens is 2. The highest BCUT2D eigenvalue weighted by Gasteiger charge is 2.16. The van der Waals surface area contributed by atoms with Gasteiger partial charge in [0.1, 0.15) is 22.8 Å². The molecule has 0 bridgehead atoms. The van der Waals surface area contributed by atoms with Crippen molar-refractivity contribution in [3.63, 3.8) is 0 Å². The van der Waals surface area contributed by atoms with E-state index in [-0.39, 0.29) is 0 Å². The molecule has 178 valence electrons. The summed E-state index contributed by atoms with van der Waals surface area (Å²) in [5, 5.41) is 5.56. The van der Waals surface area contributed by atoms with Gasteiger partial charge in [-0.1, -0.05) is 60.7 Å².